The normalized spacial score (nSPS) is 19.9. The molecule has 4 aromatic heterocycles. The molecule has 2 aliphatic rings. The SMILES string of the molecule is CC(C)(C)OC(=O)N[C@H]1CCC[C@@H](Nc2ncc(Cl)c(-c3cccnc3)n2)C1.Cl.Cl.N[C@H]1CCC[C@@H](Nc2ncc(Cl)c(-c3cccnc3)n2)C1. The van der Waals surface area contributed by atoms with Crippen LogP contribution in [0.1, 0.15) is 72.1 Å². The first kappa shape index (κ1) is 41.9. The number of hydrogen-bond donors (Lipinski definition) is 4. The molecule has 5 N–H and O–H groups in total. The molecule has 1 amide bonds. The van der Waals surface area contributed by atoms with E-state index in [-0.39, 0.29) is 49.0 Å². The van der Waals surface area contributed by atoms with Gasteiger partial charge in [0.1, 0.15) is 5.60 Å². The van der Waals surface area contributed by atoms with Crippen LogP contribution in [-0.2, 0) is 4.74 Å². The highest BCUT2D eigenvalue weighted by Gasteiger charge is 2.26. The third-order valence-electron chi connectivity index (χ3n) is 8.13. The van der Waals surface area contributed by atoms with Gasteiger partial charge >= 0.3 is 6.09 Å². The molecular weight excluding hydrogens is 734 g/mol. The maximum absolute atomic E-state index is 12.0. The van der Waals surface area contributed by atoms with Crippen molar-refractivity contribution in [1.29, 1.82) is 0 Å². The van der Waals surface area contributed by atoms with Gasteiger partial charge < -0.3 is 26.4 Å². The second-order valence-corrected chi connectivity index (χ2v) is 14.2. The Hall–Kier alpha value is -3.55. The van der Waals surface area contributed by atoms with Gasteiger partial charge in [-0.25, -0.2) is 24.7 Å². The van der Waals surface area contributed by atoms with Crippen molar-refractivity contribution in [2.75, 3.05) is 10.6 Å². The Bertz CT molecular complexity index is 1670. The van der Waals surface area contributed by atoms with E-state index in [1.165, 1.54) is 0 Å². The summed E-state index contributed by atoms with van der Waals surface area (Å²) in [5, 5.41) is 10.7. The third kappa shape index (κ3) is 13.2. The van der Waals surface area contributed by atoms with E-state index in [0.717, 1.165) is 62.5 Å². The number of nitrogens with one attached hydrogen (secondary N) is 3. The lowest BCUT2D eigenvalue weighted by atomic mass is 9.91. The van der Waals surface area contributed by atoms with Crippen molar-refractivity contribution in [3.63, 3.8) is 0 Å². The van der Waals surface area contributed by atoms with Crippen LogP contribution >= 0.6 is 48.0 Å². The molecule has 0 aliphatic heterocycles. The number of ether oxygens (including phenoxy) is 1. The number of nitrogens with zero attached hydrogens (tertiary/aromatic N) is 6. The molecule has 4 atom stereocenters. The molecule has 0 saturated heterocycles. The van der Waals surface area contributed by atoms with Gasteiger partial charge in [0.2, 0.25) is 11.9 Å². The minimum Gasteiger partial charge on any atom is -0.444 e. The number of aromatic nitrogens is 6. The smallest absolute Gasteiger partial charge is 0.407 e. The average Bonchev–Trinajstić information content (AvgIpc) is 3.07. The van der Waals surface area contributed by atoms with E-state index < -0.39 is 5.60 Å². The average molecular weight is 781 g/mol. The van der Waals surface area contributed by atoms with Crippen LogP contribution in [0.3, 0.4) is 0 Å². The van der Waals surface area contributed by atoms with E-state index in [9.17, 15) is 4.79 Å². The third-order valence-corrected chi connectivity index (χ3v) is 8.69. The number of hydrogen-bond acceptors (Lipinski definition) is 11. The van der Waals surface area contributed by atoms with Gasteiger partial charge in [0.05, 0.1) is 33.8 Å². The molecule has 2 saturated carbocycles. The van der Waals surface area contributed by atoms with E-state index in [1.54, 1.807) is 37.2 Å². The highest BCUT2D eigenvalue weighted by atomic mass is 35.5. The number of alkyl carbamates (subject to hydrolysis) is 1. The van der Waals surface area contributed by atoms with Crippen molar-refractivity contribution >= 4 is 66.0 Å². The van der Waals surface area contributed by atoms with Crippen molar-refractivity contribution in [1.82, 2.24) is 35.2 Å². The van der Waals surface area contributed by atoms with Crippen LogP contribution in [0.2, 0.25) is 10.0 Å². The van der Waals surface area contributed by atoms with E-state index in [0.29, 0.717) is 39.4 Å². The van der Waals surface area contributed by atoms with E-state index in [1.807, 2.05) is 45.0 Å². The molecule has 4 aromatic rings. The van der Waals surface area contributed by atoms with Gasteiger partial charge in [-0.15, -0.1) is 24.8 Å². The maximum atomic E-state index is 12.0. The van der Waals surface area contributed by atoms with Crippen LogP contribution in [0.4, 0.5) is 16.7 Å². The summed E-state index contributed by atoms with van der Waals surface area (Å²) in [7, 11) is 0. The van der Waals surface area contributed by atoms with Gasteiger partial charge in [-0.1, -0.05) is 23.2 Å². The molecule has 276 valence electrons. The number of carbonyl (C=O) groups excluding carboxylic acids is 1. The Labute approximate surface area is 321 Å². The number of carbonyl (C=O) groups is 1. The fraction of sp³-hybridized carbons (Fsp3) is 0.457. The lowest BCUT2D eigenvalue weighted by Gasteiger charge is -2.31. The Morgan fingerprint density at radius 3 is 1.73 bits per heavy atom. The van der Waals surface area contributed by atoms with E-state index in [4.69, 9.17) is 33.7 Å². The quantitative estimate of drug-likeness (QED) is 0.143. The van der Waals surface area contributed by atoms with Crippen molar-refractivity contribution in [3.8, 4) is 22.5 Å². The highest BCUT2D eigenvalue weighted by Crippen LogP contribution is 2.28. The van der Waals surface area contributed by atoms with Crippen molar-refractivity contribution < 1.29 is 9.53 Å². The van der Waals surface area contributed by atoms with Crippen molar-refractivity contribution in [2.24, 2.45) is 5.73 Å². The van der Waals surface area contributed by atoms with Crippen LogP contribution in [-0.4, -0.2) is 65.8 Å². The summed E-state index contributed by atoms with van der Waals surface area (Å²) in [6.07, 6.45) is 17.7. The molecule has 6 rings (SSSR count). The highest BCUT2D eigenvalue weighted by molar-refractivity contribution is 6.33. The van der Waals surface area contributed by atoms with Gasteiger partial charge in [0, 0.05) is 60.1 Å². The Kier molecular flexibility index (Phi) is 16.3. The van der Waals surface area contributed by atoms with Gasteiger partial charge in [-0.05, 0) is 96.4 Å². The number of pyridine rings is 2. The van der Waals surface area contributed by atoms with Crippen LogP contribution in [0, 0.1) is 0 Å². The number of amides is 1. The number of anilines is 2. The summed E-state index contributed by atoms with van der Waals surface area (Å²) in [5.41, 5.74) is 8.57. The summed E-state index contributed by atoms with van der Waals surface area (Å²) in [5.74, 6) is 1.11. The summed E-state index contributed by atoms with van der Waals surface area (Å²) in [6, 6.07) is 8.37. The Morgan fingerprint density at radius 2 is 1.25 bits per heavy atom. The predicted octanol–water partition coefficient (Wildman–Crippen LogP) is 8.16. The molecule has 0 aromatic carbocycles. The molecule has 0 radical (unpaired) electrons. The molecule has 12 nitrogen and oxygen atoms in total. The van der Waals surface area contributed by atoms with Crippen LogP contribution in [0.15, 0.2) is 61.4 Å². The summed E-state index contributed by atoms with van der Waals surface area (Å²) >= 11 is 12.5. The first-order chi connectivity index (χ1) is 23.5. The zero-order valence-corrected chi connectivity index (χ0v) is 32.0. The maximum Gasteiger partial charge on any atom is 0.407 e. The molecule has 51 heavy (non-hydrogen) atoms. The fourth-order valence-electron chi connectivity index (χ4n) is 5.93. The minimum absolute atomic E-state index is 0. The number of nitrogens with two attached hydrogens (primary N) is 1. The van der Waals surface area contributed by atoms with Crippen molar-refractivity contribution in [2.45, 2.75) is 102 Å². The standard InChI is InChI=1S/C20H26ClN5O2.C15H18ClN5.2ClH/c1-20(2,3)28-19(27)25-15-8-4-7-14(10-15)24-18-23-12-16(21)17(26-18)13-6-5-9-22-11-13;16-13-9-19-15(20-12-5-1-4-11(17)7-12)21-14(13)10-3-2-6-18-8-10;;/h5-6,9,11-12,14-15H,4,7-8,10H2,1-3H3,(H,25,27)(H,23,24,26);2-3,6,8-9,11-12H,1,4-5,7,17H2,(H,19,20,21);2*1H/t14-,15+;11-,12+;;/m10../s1. The molecule has 2 fully saturated rings. The zero-order valence-electron chi connectivity index (χ0n) is 28.9. The lowest BCUT2D eigenvalue weighted by molar-refractivity contribution is 0.0492. The molecule has 0 unspecified atom stereocenters. The molecule has 0 spiro atoms. The molecule has 4 heterocycles. The van der Waals surface area contributed by atoms with Crippen LogP contribution < -0.4 is 21.7 Å². The summed E-state index contributed by atoms with van der Waals surface area (Å²) in [6.45, 7) is 5.57. The topological polar surface area (TPSA) is 166 Å². The number of halogens is 4. The molecule has 2 aliphatic carbocycles. The first-order valence-electron chi connectivity index (χ1n) is 16.7. The van der Waals surface area contributed by atoms with Crippen LogP contribution in [0.5, 0.6) is 0 Å². The fourth-order valence-corrected chi connectivity index (χ4v) is 6.33. The summed E-state index contributed by atoms with van der Waals surface area (Å²) < 4.78 is 5.36. The van der Waals surface area contributed by atoms with E-state index >= 15 is 0 Å². The molecular formula is C35H46Cl4N10O2. The monoisotopic (exact) mass is 778 g/mol. The summed E-state index contributed by atoms with van der Waals surface area (Å²) in [4.78, 5) is 37.9. The number of rotatable bonds is 7. The predicted molar refractivity (Wildman–Crippen MR) is 208 cm³/mol. The minimum atomic E-state index is -0.504. The molecule has 0 bridgehead atoms. The largest absolute Gasteiger partial charge is 0.444 e. The van der Waals surface area contributed by atoms with E-state index in [2.05, 4.69) is 45.9 Å². The van der Waals surface area contributed by atoms with Gasteiger partial charge in [0.25, 0.3) is 0 Å². The second-order valence-electron chi connectivity index (χ2n) is 13.4. The Morgan fingerprint density at radius 1 is 0.765 bits per heavy atom. The van der Waals surface area contributed by atoms with Gasteiger partial charge in [-0.3, -0.25) is 9.97 Å². The van der Waals surface area contributed by atoms with Crippen molar-refractivity contribution in [3.05, 3.63) is 71.5 Å². The Balaban J connectivity index is 0.000000274. The first-order valence-corrected chi connectivity index (χ1v) is 17.4. The van der Waals surface area contributed by atoms with Gasteiger partial charge in [-0.2, -0.15) is 0 Å². The lowest BCUT2D eigenvalue weighted by Crippen LogP contribution is -2.44. The second kappa shape index (κ2) is 19.9. The molecule has 16 heteroatoms. The zero-order chi connectivity index (χ0) is 34.8. The van der Waals surface area contributed by atoms with Crippen LogP contribution in [0.25, 0.3) is 22.5 Å². The van der Waals surface area contributed by atoms with Gasteiger partial charge in [0.15, 0.2) is 0 Å².